The van der Waals surface area contributed by atoms with Gasteiger partial charge in [0.25, 0.3) is 0 Å². The first-order valence-electron chi connectivity index (χ1n) is 6.19. The number of hydrogen-bond acceptors (Lipinski definition) is 1. The van der Waals surface area contributed by atoms with Crippen molar-refractivity contribution in [1.29, 1.82) is 0 Å². The number of carbonyl (C=O) groups is 1. The molecule has 0 saturated heterocycles. The van der Waals surface area contributed by atoms with Gasteiger partial charge in [-0.15, -0.1) is 0 Å². The van der Waals surface area contributed by atoms with E-state index < -0.39 is 28.4 Å². The predicted molar refractivity (Wildman–Crippen MR) is 68.0 cm³/mol. The number of halogens is 2. The molecule has 0 heterocycles. The van der Waals surface area contributed by atoms with Crippen LogP contribution in [0, 0.1) is 11.6 Å². The molecule has 0 atom stereocenters. The highest BCUT2D eigenvalue weighted by Crippen LogP contribution is 2.50. The van der Waals surface area contributed by atoms with E-state index in [9.17, 15) is 13.6 Å². The van der Waals surface area contributed by atoms with Gasteiger partial charge in [-0.1, -0.05) is 36.4 Å². The molecule has 3 rings (SSSR count). The molecule has 1 fully saturated rings. The van der Waals surface area contributed by atoms with E-state index in [4.69, 9.17) is 0 Å². The van der Waals surface area contributed by atoms with Gasteiger partial charge < -0.3 is 0 Å². The minimum atomic E-state index is -0.785. The fraction of sp³-hybridized carbons (Fsp3) is 0.188. The van der Waals surface area contributed by atoms with Crippen molar-refractivity contribution in [2.45, 2.75) is 18.3 Å². The zero-order valence-corrected chi connectivity index (χ0v) is 10.2. The van der Waals surface area contributed by atoms with Gasteiger partial charge in [0.05, 0.1) is 11.0 Å². The lowest BCUT2D eigenvalue weighted by molar-refractivity contribution is 0.0937. The Bertz CT molecular complexity index is 610. The summed E-state index contributed by atoms with van der Waals surface area (Å²) in [6.45, 7) is 0. The van der Waals surface area contributed by atoms with Crippen molar-refractivity contribution in [1.82, 2.24) is 0 Å². The van der Waals surface area contributed by atoms with E-state index in [0.717, 1.165) is 17.7 Å². The van der Waals surface area contributed by atoms with E-state index in [0.29, 0.717) is 12.8 Å². The summed E-state index contributed by atoms with van der Waals surface area (Å²) in [4.78, 5) is 12.5. The van der Waals surface area contributed by atoms with Gasteiger partial charge in [0.15, 0.2) is 5.78 Å². The summed E-state index contributed by atoms with van der Waals surface area (Å²) < 4.78 is 27.4. The Balaban J connectivity index is 2.06. The maximum absolute atomic E-state index is 13.7. The topological polar surface area (TPSA) is 17.1 Å². The molecule has 0 bridgehead atoms. The molecule has 19 heavy (non-hydrogen) atoms. The van der Waals surface area contributed by atoms with Crippen molar-refractivity contribution in [2.75, 3.05) is 0 Å². The molecule has 2 aromatic rings. The zero-order chi connectivity index (χ0) is 13.5. The number of benzene rings is 2. The molecule has 0 unspecified atom stereocenters. The number of carbonyl (C=O) groups excluding carboxylic acids is 1. The van der Waals surface area contributed by atoms with E-state index in [-0.39, 0.29) is 0 Å². The predicted octanol–water partition coefficient (Wildman–Crippen LogP) is 3.88. The van der Waals surface area contributed by atoms with Crippen LogP contribution >= 0.6 is 0 Å². The molecule has 0 aromatic heterocycles. The van der Waals surface area contributed by atoms with E-state index >= 15 is 0 Å². The molecule has 1 aliphatic carbocycles. The standard InChI is InChI=1S/C16H12F2O/c17-12-7-4-8-13(18)14(12)15(19)16(9-10-16)11-5-2-1-3-6-11/h1-8H,9-10H2. The summed E-state index contributed by atoms with van der Waals surface area (Å²) in [5.41, 5.74) is -0.309. The van der Waals surface area contributed by atoms with Crippen molar-refractivity contribution in [3.8, 4) is 0 Å². The van der Waals surface area contributed by atoms with Crippen molar-refractivity contribution in [2.24, 2.45) is 0 Å². The van der Waals surface area contributed by atoms with Gasteiger partial charge in [0.2, 0.25) is 0 Å². The Labute approximate surface area is 109 Å². The molecule has 96 valence electrons. The molecule has 0 spiro atoms. The highest BCUT2D eigenvalue weighted by molar-refractivity contribution is 6.06. The second-order valence-electron chi connectivity index (χ2n) is 4.87. The number of rotatable bonds is 3. The first-order valence-corrected chi connectivity index (χ1v) is 6.19. The van der Waals surface area contributed by atoms with Crippen LogP contribution in [0.25, 0.3) is 0 Å². The highest BCUT2D eigenvalue weighted by atomic mass is 19.1. The Morgan fingerprint density at radius 2 is 1.47 bits per heavy atom. The van der Waals surface area contributed by atoms with Crippen molar-refractivity contribution in [3.63, 3.8) is 0 Å². The minimum Gasteiger partial charge on any atom is -0.293 e. The van der Waals surface area contributed by atoms with Crippen LogP contribution < -0.4 is 0 Å². The number of hydrogen-bond donors (Lipinski definition) is 0. The van der Waals surface area contributed by atoms with E-state index in [1.807, 2.05) is 30.3 Å². The fourth-order valence-electron chi connectivity index (χ4n) is 2.48. The molecule has 0 amide bonds. The average molecular weight is 258 g/mol. The molecular formula is C16H12F2O. The van der Waals surface area contributed by atoms with E-state index in [1.165, 1.54) is 6.07 Å². The molecule has 1 nitrogen and oxygen atoms in total. The van der Waals surface area contributed by atoms with Gasteiger partial charge in [-0.25, -0.2) is 8.78 Å². The summed E-state index contributed by atoms with van der Waals surface area (Å²) in [6.07, 6.45) is 1.28. The average Bonchev–Trinajstić information content (AvgIpc) is 3.21. The first-order chi connectivity index (χ1) is 9.15. The lowest BCUT2D eigenvalue weighted by Crippen LogP contribution is -2.23. The molecule has 1 saturated carbocycles. The maximum atomic E-state index is 13.7. The Morgan fingerprint density at radius 1 is 0.895 bits per heavy atom. The molecule has 0 radical (unpaired) electrons. The fourth-order valence-corrected chi connectivity index (χ4v) is 2.48. The summed E-state index contributed by atoms with van der Waals surface area (Å²) in [7, 11) is 0. The third kappa shape index (κ3) is 1.86. The van der Waals surface area contributed by atoms with Gasteiger partial charge in [0.1, 0.15) is 11.6 Å². The van der Waals surface area contributed by atoms with Crippen LogP contribution in [0.4, 0.5) is 8.78 Å². The van der Waals surface area contributed by atoms with Gasteiger partial charge in [-0.05, 0) is 30.5 Å². The summed E-state index contributed by atoms with van der Waals surface area (Å²) in [5.74, 6) is -2.02. The van der Waals surface area contributed by atoms with Crippen LogP contribution in [-0.4, -0.2) is 5.78 Å². The van der Waals surface area contributed by atoms with Crippen LogP contribution in [0.3, 0.4) is 0 Å². The molecule has 0 N–H and O–H groups in total. The Hall–Kier alpha value is -2.03. The maximum Gasteiger partial charge on any atom is 0.179 e. The van der Waals surface area contributed by atoms with Crippen LogP contribution in [0.2, 0.25) is 0 Å². The number of ketones is 1. The van der Waals surface area contributed by atoms with Crippen molar-refractivity contribution in [3.05, 3.63) is 71.3 Å². The highest BCUT2D eigenvalue weighted by Gasteiger charge is 2.52. The van der Waals surface area contributed by atoms with Gasteiger partial charge >= 0.3 is 0 Å². The molecular weight excluding hydrogens is 246 g/mol. The van der Waals surface area contributed by atoms with E-state index in [2.05, 4.69) is 0 Å². The van der Waals surface area contributed by atoms with Crippen LogP contribution in [0.15, 0.2) is 48.5 Å². The lowest BCUT2D eigenvalue weighted by atomic mass is 9.87. The molecule has 3 heteroatoms. The second-order valence-corrected chi connectivity index (χ2v) is 4.87. The van der Waals surface area contributed by atoms with Crippen molar-refractivity contribution < 1.29 is 13.6 Å². The largest absolute Gasteiger partial charge is 0.293 e. The second kappa shape index (κ2) is 4.26. The first kappa shape index (κ1) is 12.0. The van der Waals surface area contributed by atoms with Crippen molar-refractivity contribution >= 4 is 5.78 Å². The third-order valence-corrected chi connectivity index (χ3v) is 3.70. The Kier molecular flexibility index (Phi) is 2.70. The lowest BCUT2D eigenvalue weighted by Gasteiger charge is -2.15. The monoisotopic (exact) mass is 258 g/mol. The SMILES string of the molecule is O=C(c1c(F)cccc1F)C1(c2ccccc2)CC1. The van der Waals surface area contributed by atoms with Crippen LogP contribution in [0.5, 0.6) is 0 Å². The molecule has 2 aromatic carbocycles. The number of Topliss-reactive ketones (excluding diaryl/α,β-unsaturated/α-hetero) is 1. The van der Waals surface area contributed by atoms with Gasteiger partial charge in [-0.3, -0.25) is 4.79 Å². The molecule has 0 aliphatic heterocycles. The third-order valence-electron chi connectivity index (χ3n) is 3.70. The van der Waals surface area contributed by atoms with Crippen LogP contribution in [0.1, 0.15) is 28.8 Å². The van der Waals surface area contributed by atoms with E-state index in [1.54, 1.807) is 0 Å². The quantitative estimate of drug-likeness (QED) is 0.763. The zero-order valence-electron chi connectivity index (χ0n) is 10.2. The van der Waals surface area contributed by atoms with Gasteiger partial charge in [-0.2, -0.15) is 0 Å². The smallest absolute Gasteiger partial charge is 0.179 e. The minimum absolute atomic E-state index is 0.413. The normalized spacial score (nSPS) is 16.1. The Morgan fingerprint density at radius 3 is 2.00 bits per heavy atom. The summed E-state index contributed by atoms with van der Waals surface area (Å²) in [6, 6.07) is 12.7. The van der Waals surface area contributed by atoms with Gasteiger partial charge in [0, 0.05) is 0 Å². The summed E-state index contributed by atoms with van der Waals surface area (Å²) in [5, 5.41) is 0. The molecule has 1 aliphatic rings. The summed E-state index contributed by atoms with van der Waals surface area (Å²) >= 11 is 0. The van der Waals surface area contributed by atoms with Crippen LogP contribution in [-0.2, 0) is 5.41 Å².